The van der Waals surface area contributed by atoms with Crippen LogP contribution in [0.1, 0.15) is 43.5 Å². The molecule has 3 heterocycles. The molecule has 2 aliphatic rings. The van der Waals surface area contributed by atoms with Gasteiger partial charge in [0.1, 0.15) is 0 Å². The molecule has 1 saturated carbocycles. The van der Waals surface area contributed by atoms with Gasteiger partial charge in [0, 0.05) is 44.7 Å². The van der Waals surface area contributed by atoms with Crippen LogP contribution in [0, 0.1) is 17.3 Å². The van der Waals surface area contributed by atoms with Crippen LogP contribution in [-0.4, -0.2) is 58.4 Å². The second-order valence-corrected chi connectivity index (χ2v) is 9.11. The lowest BCUT2D eigenvalue weighted by Gasteiger charge is -2.52. The first kappa shape index (κ1) is 20.4. The molecule has 2 N–H and O–H groups in total. The third-order valence-electron chi connectivity index (χ3n) is 7.01. The average molecular weight is 412 g/mol. The first-order valence-corrected chi connectivity index (χ1v) is 10.5. The number of carbonyl (C=O) groups is 3. The fourth-order valence-corrected chi connectivity index (χ4v) is 4.52. The number of amides is 3. The molecule has 3 amide bonds. The second kappa shape index (κ2) is 7.74. The van der Waals surface area contributed by atoms with Crippen molar-refractivity contribution in [1.82, 2.24) is 25.1 Å². The normalized spacial score (nSPS) is 25.6. The predicted octanol–water partition coefficient (Wildman–Crippen LogP) is 1.46. The van der Waals surface area contributed by atoms with Crippen molar-refractivity contribution in [2.45, 2.75) is 39.2 Å². The van der Waals surface area contributed by atoms with Gasteiger partial charge in [0.15, 0.2) is 0 Å². The van der Waals surface area contributed by atoms with Crippen LogP contribution in [0.25, 0.3) is 5.52 Å². The molecule has 0 bridgehead atoms. The van der Waals surface area contributed by atoms with E-state index in [9.17, 15) is 14.4 Å². The van der Waals surface area contributed by atoms with E-state index in [1.54, 1.807) is 28.7 Å². The van der Waals surface area contributed by atoms with E-state index >= 15 is 0 Å². The molecule has 3 unspecified atom stereocenters. The monoisotopic (exact) mass is 411 g/mol. The van der Waals surface area contributed by atoms with Crippen molar-refractivity contribution in [2.24, 2.45) is 17.3 Å². The topological polar surface area (TPSA) is 95.8 Å². The van der Waals surface area contributed by atoms with Gasteiger partial charge in [-0.05, 0) is 42.4 Å². The SMILES string of the molecule is CN1CCC(C(=O)NCC2CC(NC(=O)c3cccn4nccc34)C2(C)C)CC1=O. The summed E-state index contributed by atoms with van der Waals surface area (Å²) >= 11 is 0. The molecule has 1 aliphatic heterocycles. The van der Waals surface area contributed by atoms with Crippen molar-refractivity contribution >= 4 is 23.2 Å². The highest BCUT2D eigenvalue weighted by Gasteiger charge is 2.48. The highest BCUT2D eigenvalue weighted by molar-refractivity contribution is 6.00. The summed E-state index contributed by atoms with van der Waals surface area (Å²) in [6.07, 6.45) is 5.30. The Labute approximate surface area is 176 Å². The largest absolute Gasteiger partial charge is 0.356 e. The number of pyridine rings is 1. The summed E-state index contributed by atoms with van der Waals surface area (Å²) in [5.74, 6) is -0.0667. The van der Waals surface area contributed by atoms with Crippen LogP contribution in [0.5, 0.6) is 0 Å². The van der Waals surface area contributed by atoms with Crippen LogP contribution in [-0.2, 0) is 9.59 Å². The minimum absolute atomic E-state index is 0.0290. The molecule has 0 aromatic carbocycles. The Hall–Kier alpha value is -2.90. The van der Waals surface area contributed by atoms with Crippen molar-refractivity contribution in [3.05, 3.63) is 36.2 Å². The number of hydrogen-bond donors (Lipinski definition) is 2. The van der Waals surface area contributed by atoms with Crippen molar-refractivity contribution < 1.29 is 14.4 Å². The number of likely N-dealkylation sites (tertiary alicyclic amines) is 1. The van der Waals surface area contributed by atoms with Gasteiger partial charge in [0.05, 0.1) is 17.3 Å². The van der Waals surface area contributed by atoms with E-state index in [2.05, 4.69) is 29.6 Å². The maximum atomic E-state index is 12.8. The summed E-state index contributed by atoms with van der Waals surface area (Å²) in [6, 6.07) is 5.48. The molecular formula is C22H29N5O3. The number of nitrogens with one attached hydrogen (secondary N) is 2. The first-order valence-electron chi connectivity index (χ1n) is 10.5. The highest BCUT2D eigenvalue weighted by Crippen LogP contribution is 2.46. The van der Waals surface area contributed by atoms with Gasteiger partial charge in [-0.25, -0.2) is 4.52 Å². The van der Waals surface area contributed by atoms with Crippen LogP contribution < -0.4 is 10.6 Å². The third kappa shape index (κ3) is 3.66. The van der Waals surface area contributed by atoms with Gasteiger partial charge in [0.25, 0.3) is 5.91 Å². The quantitative estimate of drug-likeness (QED) is 0.779. The Kier molecular flexibility index (Phi) is 5.26. The smallest absolute Gasteiger partial charge is 0.253 e. The number of rotatable bonds is 5. The van der Waals surface area contributed by atoms with Crippen LogP contribution in [0.4, 0.5) is 0 Å². The molecule has 2 aromatic heterocycles. The molecule has 2 aromatic rings. The summed E-state index contributed by atoms with van der Waals surface area (Å²) in [7, 11) is 1.77. The van der Waals surface area contributed by atoms with E-state index < -0.39 is 0 Å². The van der Waals surface area contributed by atoms with E-state index in [-0.39, 0.29) is 47.4 Å². The number of aromatic nitrogens is 2. The van der Waals surface area contributed by atoms with Gasteiger partial charge in [-0.1, -0.05) is 13.8 Å². The molecule has 160 valence electrons. The molecule has 2 fully saturated rings. The second-order valence-electron chi connectivity index (χ2n) is 9.11. The average Bonchev–Trinajstić information content (AvgIpc) is 3.20. The lowest BCUT2D eigenvalue weighted by Crippen LogP contribution is -2.61. The van der Waals surface area contributed by atoms with Crippen molar-refractivity contribution in [3.63, 3.8) is 0 Å². The molecule has 8 nitrogen and oxygen atoms in total. The van der Waals surface area contributed by atoms with Crippen LogP contribution in [0.3, 0.4) is 0 Å². The third-order valence-corrected chi connectivity index (χ3v) is 7.01. The van der Waals surface area contributed by atoms with E-state index in [0.717, 1.165) is 11.9 Å². The number of nitrogens with zero attached hydrogens (tertiary/aromatic N) is 3. The van der Waals surface area contributed by atoms with E-state index in [1.165, 1.54) is 0 Å². The van der Waals surface area contributed by atoms with E-state index in [0.29, 0.717) is 25.1 Å². The summed E-state index contributed by atoms with van der Waals surface area (Å²) < 4.78 is 1.69. The molecule has 1 aliphatic carbocycles. The number of fused-ring (bicyclic) bond motifs is 1. The summed E-state index contributed by atoms with van der Waals surface area (Å²) in [5, 5.41) is 10.4. The molecule has 30 heavy (non-hydrogen) atoms. The zero-order valence-electron chi connectivity index (χ0n) is 17.7. The molecule has 3 atom stereocenters. The van der Waals surface area contributed by atoms with Gasteiger partial charge in [-0.15, -0.1) is 0 Å². The Bertz CT molecular complexity index is 982. The lowest BCUT2D eigenvalue weighted by molar-refractivity contribution is -0.139. The molecular weight excluding hydrogens is 382 g/mol. The van der Waals surface area contributed by atoms with Gasteiger partial charge in [0.2, 0.25) is 11.8 Å². The predicted molar refractivity (Wildman–Crippen MR) is 112 cm³/mol. The fraction of sp³-hybridized carbons (Fsp3) is 0.545. The van der Waals surface area contributed by atoms with Crippen LogP contribution in [0.15, 0.2) is 30.6 Å². The van der Waals surface area contributed by atoms with Crippen LogP contribution in [0.2, 0.25) is 0 Å². The lowest BCUT2D eigenvalue weighted by atomic mass is 9.58. The van der Waals surface area contributed by atoms with E-state index in [1.807, 2.05) is 18.3 Å². The van der Waals surface area contributed by atoms with Crippen molar-refractivity contribution in [1.29, 1.82) is 0 Å². The number of piperidine rings is 1. The Balaban J connectivity index is 1.30. The fourth-order valence-electron chi connectivity index (χ4n) is 4.52. The summed E-state index contributed by atoms with van der Waals surface area (Å²) in [6.45, 7) is 5.44. The zero-order chi connectivity index (χ0) is 21.5. The van der Waals surface area contributed by atoms with Crippen molar-refractivity contribution in [3.8, 4) is 0 Å². The Morgan fingerprint density at radius 3 is 2.83 bits per heavy atom. The standard InChI is InChI=1S/C22H29N5O3/c1-22(2)15(13-23-20(29)14-7-10-26(3)19(28)11-14)12-18(22)25-21(30)16-5-4-9-27-17(16)6-8-24-27/h4-6,8-9,14-15,18H,7,10-13H2,1-3H3,(H,23,29)(H,25,30). The van der Waals surface area contributed by atoms with Crippen LogP contribution >= 0.6 is 0 Å². The maximum Gasteiger partial charge on any atom is 0.253 e. The number of hydrogen-bond acceptors (Lipinski definition) is 4. The minimum Gasteiger partial charge on any atom is -0.356 e. The zero-order valence-corrected chi connectivity index (χ0v) is 17.7. The Morgan fingerprint density at radius 1 is 1.30 bits per heavy atom. The van der Waals surface area contributed by atoms with E-state index in [4.69, 9.17) is 0 Å². The number of carbonyl (C=O) groups excluding carboxylic acids is 3. The highest BCUT2D eigenvalue weighted by atomic mass is 16.2. The van der Waals surface area contributed by atoms with Gasteiger partial charge in [-0.3, -0.25) is 14.4 Å². The molecule has 1 saturated heterocycles. The maximum absolute atomic E-state index is 12.8. The molecule has 4 rings (SSSR count). The minimum atomic E-state index is -0.233. The molecule has 8 heteroatoms. The van der Waals surface area contributed by atoms with Crippen molar-refractivity contribution in [2.75, 3.05) is 20.1 Å². The summed E-state index contributed by atoms with van der Waals surface area (Å²) in [4.78, 5) is 38.8. The Morgan fingerprint density at radius 2 is 2.10 bits per heavy atom. The van der Waals surface area contributed by atoms with Gasteiger partial charge < -0.3 is 15.5 Å². The molecule has 0 spiro atoms. The van der Waals surface area contributed by atoms with Gasteiger partial charge in [-0.2, -0.15) is 5.10 Å². The summed E-state index contributed by atoms with van der Waals surface area (Å²) in [5.41, 5.74) is 1.26. The van der Waals surface area contributed by atoms with Gasteiger partial charge >= 0.3 is 0 Å². The first-order chi connectivity index (χ1) is 14.3. The molecule has 0 radical (unpaired) electrons.